The van der Waals surface area contributed by atoms with Gasteiger partial charge in [0.2, 0.25) is 0 Å². The van der Waals surface area contributed by atoms with E-state index in [2.05, 4.69) is 92.7 Å². The molecule has 0 aliphatic carbocycles. The highest BCUT2D eigenvalue weighted by molar-refractivity contribution is 5.78. The van der Waals surface area contributed by atoms with Crippen LogP contribution in [0.2, 0.25) is 0 Å². The topological polar surface area (TPSA) is 48.7 Å². The number of hydrogen-bond acceptors (Lipinski definition) is 5. The van der Waals surface area contributed by atoms with Crippen LogP contribution in [0.25, 0.3) is 16.9 Å². The second kappa shape index (κ2) is 8.63. The van der Waals surface area contributed by atoms with E-state index in [1.54, 1.807) is 0 Å². The first-order chi connectivity index (χ1) is 15.6. The summed E-state index contributed by atoms with van der Waals surface area (Å²) in [5.74, 6) is 0. The maximum Gasteiger partial charge on any atom is 0.161 e. The van der Waals surface area contributed by atoms with Gasteiger partial charge in [0.25, 0.3) is 0 Å². The smallest absolute Gasteiger partial charge is 0.161 e. The van der Waals surface area contributed by atoms with Crippen molar-refractivity contribution in [2.24, 2.45) is 0 Å². The lowest BCUT2D eigenvalue weighted by atomic mass is 10.1. The second-order valence-electron chi connectivity index (χ2n) is 8.79. The minimum atomic E-state index is 0.622. The van der Waals surface area contributed by atoms with Crippen LogP contribution in [-0.2, 0) is 0 Å². The zero-order chi connectivity index (χ0) is 22.1. The van der Waals surface area contributed by atoms with Gasteiger partial charge in [0.1, 0.15) is 0 Å². The predicted molar refractivity (Wildman–Crippen MR) is 132 cm³/mol. The van der Waals surface area contributed by atoms with E-state index < -0.39 is 0 Å². The molecule has 0 bridgehead atoms. The minimum absolute atomic E-state index is 0.622. The van der Waals surface area contributed by atoms with Crippen molar-refractivity contribution >= 4 is 22.7 Å². The fraction of sp³-hybridized carbons (Fsp3) is 0.308. The molecule has 1 N–H and O–H groups in total. The molecule has 1 saturated heterocycles. The zero-order valence-electron chi connectivity index (χ0n) is 19.0. The summed E-state index contributed by atoms with van der Waals surface area (Å²) in [5.41, 5.74) is 7.53. The molecule has 164 valence electrons. The maximum absolute atomic E-state index is 4.60. The Kier molecular flexibility index (Phi) is 5.53. The van der Waals surface area contributed by atoms with E-state index in [-0.39, 0.29) is 0 Å². The SMILES string of the molecule is Cc1cncc(-c2ccc(Nc3ccc(N4CCN(C(C)C)CC4)cc3)c3nccn23)c1. The van der Waals surface area contributed by atoms with Gasteiger partial charge in [0, 0.05) is 73.9 Å². The van der Waals surface area contributed by atoms with Crippen molar-refractivity contribution in [1.82, 2.24) is 19.3 Å². The number of pyridine rings is 2. The summed E-state index contributed by atoms with van der Waals surface area (Å²) in [6, 6.07) is 15.7. The summed E-state index contributed by atoms with van der Waals surface area (Å²) >= 11 is 0. The molecule has 0 saturated carbocycles. The molecule has 1 aliphatic rings. The van der Waals surface area contributed by atoms with Crippen LogP contribution in [0.5, 0.6) is 0 Å². The van der Waals surface area contributed by atoms with Crippen LogP contribution in [0.4, 0.5) is 17.1 Å². The van der Waals surface area contributed by atoms with E-state index in [0.29, 0.717) is 6.04 Å². The fourth-order valence-electron chi connectivity index (χ4n) is 4.45. The van der Waals surface area contributed by atoms with Crippen LogP contribution in [0.15, 0.2) is 67.3 Å². The first-order valence-corrected chi connectivity index (χ1v) is 11.3. The number of imidazole rings is 1. The van der Waals surface area contributed by atoms with E-state index in [1.807, 2.05) is 24.8 Å². The fourth-order valence-corrected chi connectivity index (χ4v) is 4.45. The van der Waals surface area contributed by atoms with Crippen LogP contribution >= 0.6 is 0 Å². The molecular formula is C26H30N6. The molecular weight excluding hydrogens is 396 g/mol. The number of nitrogens with one attached hydrogen (secondary N) is 1. The predicted octanol–water partition coefficient (Wildman–Crippen LogP) is 4.98. The number of hydrogen-bond donors (Lipinski definition) is 1. The molecule has 1 aromatic carbocycles. The monoisotopic (exact) mass is 426 g/mol. The Morgan fingerprint density at radius 3 is 2.44 bits per heavy atom. The molecule has 0 atom stereocenters. The van der Waals surface area contributed by atoms with Gasteiger partial charge in [-0.15, -0.1) is 0 Å². The third-order valence-electron chi connectivity index (χ3n) is 6.28. The molecule has 6 nitrogen and oxygen atoms in total. The number of fused-ring (bicyclic) bond motifs is 1. The van der Waals surface area contributed by atoms with Gasteiger partial charge < -0.3 is 10.2 Å². The highest BCUT2D eigenvalue weighted by Crippen LogP contribution is 2.28. The molecule has 5 rings (SSSR count). The number of piperazine rings is 1. The van der Waals surface area contributed by atoms with E-state index in [1.165, 1.54) is 5.69 Å². The average Bonchev–Trinajstić information content (AvgIpc) is 3.30. The Labute approximate surface area is 189 Å². The van der Waals surface area contributed by atoms with Crippen molar-refractivity contribution in [3.8, 4) is 11.3 Å². The van der Waals surface area contributed by atoms with Gasteiger partial charge in [-0.25, -0.2) is 4.98 Å². The molecule has 1 fully saturated rings. The van der Waals surface area contributed by atoms with E-state index >= 15 is 0 Å². The summed E-state index contributed by atoms with van der Waals surface area (Å²) in [4.78, 5) is 14.0. The standard InChI is InChI=1S/C26H30N6/c1-19(2)30-12-14-31(15-13-30)23-6-4-22(5-7-23)29-24-8-9-25(32-11-10-28-26(24)32)21-16-20(3)17-27-18-21/h4-11,16-19,29H,12-15H2,1-3H3. The normalized spacial score (nSPS) is 14.9. The zero-order valence-corrected chi connectivity index (χ0v) is 19.0. The summed E-state index contributed by atoms with van der Waals surface area (Å²) in [5, 5.41) is 3.55. The van der Waals surface area contributed by atoms with Gasteiger partial charge in [-0.05, 0) is 68.8 Å². The van der Waals surface area contributed by atoms with Gasteiger partial charge in [0.15, 0.2) is 5.65 Å². The van der Waals surface area contributed by atoms with E-state index in [4.69, 9.17) is 0 Å². The van der Waals surface area contributed by atoms with E-state index in [0.717, 1.165) is 60.0 Å². The quantitative estimate of drug-likeness (QED) is 0.488. The summed E-state index contributed by atoms with van der Waals surface area (Å²) in [7, 11) is 0. The molecule has 4 heterocycles. The number of aromatic nitrogens is 3. The molecule has 1 aliphatic heterocycles. The van der Waals surface area contributed by atoms with Crippen LogP contribution in [-0.4, -0.2) is 51.5 Å². The van der Waals surface area contributed by atoms with Crippen molar-refractivity contribution in [3.63, 3.8) is 0 Å². The third kappa shape index (κ3) is 4.06. The first kappa shape index (κ1) is 20.5. The van der Waals surface area contributed by atoms with Gasteiger partial charge >= 0.3 is 0 Å². The van der Waals surface area contributed by atoms with Crippen LogP contribution in [0.3, 0.4) is 0 Å². The van der Waals surface area contributed by atoms with Gasteiger partial charge in [-0.3, -0.25) is 14.3 Å². The van der Waals surface area contributed by atoms with Crippen molar-refractivity contribution < 1.29 is 0 Å². The molecule has 0 amide bonds. The van der Waals surface area contributed by atoms with Crippen LogP contribution in [0.1, 0.15) is 19.4 Å². The Morgan fingerprint density at radius 2 is 1.72 bits per heavy atom. The lowest BCUT2D eigenvalue weighted by Gasteiger charge is -2.38. The highest BCUT2D eigenvalue weighted by Gasteiger charge is 2.19. The molecule has 3 aromatic heterocycles. The van der Waals surface area contributed by atoms with Gasteiger partial charge in [0.05, 0.1) is 11.4 Å². The first-order valence-electron chi connectivity index (χ1n) is 11.3. The highest BCUT2D eigenvalue weighted by atomic mass is 15.3. The van der Waals surface area contributed by atoms with Gasteiger partial charge in [-0.2, -0.15) is 0 Å². The number of rotatable bonds is 5. The lowest BCUT2D eigenvalue weighted by molar-refractivity contribution is 0.209. The van der Waals surface area contributed by atoms with Crippen molar-refractivity contribution in [2.75, 3.05) is 36.4 Å². The third-order valence-corrected chi connectivity index (χ3v) is 6.28. The Balaban J connectivity index is 1.34. The number of anilines is 3. The van der Waals surface area contributed by atoms with Crippen molar-refractivity contribution in [3.05, 3.63) is 72.8 Å². The van der Waals surface area contributed by atoms with E-state index in [9.17, 15) is 0 Å². The summed E-state index contributed by atoms with van der Waals surface area (Å²) < 4.78 is 2.11. The summed E-state index contributed by atoms with van der Waals surface area (Å²) in [6.45, 7) is 11.0. The molecule has 0 spiro atoms. The Bertz CT molecular complexity index is 1200. The van der Waals surface area contributed by atoms with Crippen molar-refractivity contribution in [2.45, 2.75) is 26.8 Å². The van der Waals surface area contributed by atoms with Crippen LogP contribution in [0, 0.1) is 6.92 Å². The Morgan fingerprint density at radius 1 is 0.938 bits per heavy atom. The minimum Gasteiger partial charge on any atom is -0.369 e. The molecule has 6 heteroatoms. The Hall–Kier alpha value is -3.38. The number of benzene rings is 1. The lowest BCUT2D eigenvalue weighted by Crippen LogP contribution is -2.48. The van der Waals surface area contributed by atoms with Gasteiger partial charge in [-0.1, -0.05) is 0 Å². The summed E-state index contributed by atoms with van der Waals surface area (Å²) in [6.07, 6.45) is 7.61. The van der Waals surface area contributed by atoms with Crippen molar-refractivity contribution in [1.29, 1.82) is 0 Å². The number of aryl methyl sites for hydroxylation is 1. The molecule has 4 aromatic rings. The molecule has 0 radical (unpaired) electrons. The average molecular weight is 427 g/mol. The maximum atomic E-state index is 4.60. The van der Waals surface area contributed by atoms with Crippen LogP contribution < -0.4 is 10.2 Å². The largest absolute Gasteiger partial charge is 0.369 e. The molecule has 0 unspecified atom stereocenters. The second-order valence-corrected chi connectivity index (χ2v) is 8.79. The number of nitrogens with zero attached hydrogens (tertiary/aromatic N) is 5. The molecule has 32 heavy (non-hydrogen) atoms.